The molecule has 0 radical (unpaired) electrons. The van der Waals surface area contributed by atoms with E-state index < -0.39 is 12.7 Å². The number of hydrogen-bond acceptors (Lipinski definition) is 3. The molecule has 90 valence electrons. The van der Waals surface area contributed by atoms with Crippen LogP contribution in [0.25, 0.3) is 11.4 Å². The van der Waals surface area contributed by atoms with Crippen LogP contribution in [-0.2, 0) is 6.54 Å². The molecule has 0 spiro atoms. The number of nitrogens with two attached hydrogens (primary N) is 1. The lowest BCUT2D eigenvalue weighted by molar-refractivity contribution is -0.142. The number of rotatable bonds is 2. The van der Waals surface area contributed by atoms with E-state index in [9.17, 15) is 13.2 Å². The van der Waals surface area contributed by atoms with Crippen LogP contribution in [0.2, 0.25) is 0 Å². The highest BCUT2D eigenvalue weighted by Crippen LogP contribution is 2.25. The Kier molecular flexibility index (Phi) is 2.74. The Labute approximate surface area is 94.9 Å². The van der Waals surface area contributed by atoms with Gasteiger partial charge in [-0.25, -0.2) is 9.67 Å². The Balaban J connectivity index is 2.41. The van der Waals surface area contributed by atoms with Gasteiger partial charge in [-0.3, -0.25) is 0 Å². The molecule has 0 saturated heterocycles. The number of nitrogen functional groups attached to an aromatic ring is 1. The van der Waals surface area contributed by atoms with Crippen molar-refractivity contribution < 1.29 is 13.2 Å². The van der Waals surface area contributed by atoms with E-state index in [-0.39, 0.29) is 5.82 Å². The summed E-state index contributed by atoms with van der Waals surface area (Å²) in [6.07, 6.45) is -3.26. The van der Waals surface area contributed by atoms with E-state index in [0.717, 1.165) is 11.0 Å². The number of nitrogens with zero attached hydrogens (tertiary/aromatic N) is 3. The highest BCUT2D eigenvalue weighted by molar-refractivity contribution is 5.71. The molecule has 2 N–H and O–H groups in total. The molecule has 0 aliphatic heterocycles. The van der Waals surface area contributed by atoms with Crippen molar-refractivity contribution in [2.45, 2.75) is 12.7 Å². The third-order valence-electron chi connectivity index (χ3n) is 2.15. The molecule has 0 unspecified atom stereocenters. The fourth-order valence-corrected chi connectivity index (χ4v) is 1.46. The minimum Gasteiger partial charge on any atom is -0.398 e. The Morgan fingerprint density at radius 3 is 2.59 bits per heavy atom. The predicted molar refractivity (Wildman–Crippen MR) is 55.9 cm³/mol. The van der Waals surface area contributed by atoms with Crippen molar-refractivity contribution in [3.63, 3.8) is 0 Å². The second kappa shape index (κ2) is 4.08. The summed E-state index contributed by atoms with van der Waals surface area (Å²) in [5, 5.41) is 3.55. The summed E-state index contributed by atoms with van der Waals surface area (Å²) >= 11 is 0. The summed E-state index contributed by atoms with van der Waals surface area (Å²) in [7, 11) is 0. The zero-order chi connectivity index (χ0) is 12.5. The Morgan fingerprint density at radius 1 is 1.24 bits per heavy atom. The van der Waals surface area contributed by atoms with Crippen LogP contribution in [0.15, 0.2) is 30.6 Å². The van der Waals surface area contributed by atoms with Gasteiger partial charge in [0.15, 0.2) is 5.82 Å². The second-order valence-electron chi connectivity index (χ2n) is 3.44. The first-order chi connectivity index (χ1) is 7.97. The number of aromatic nitrogens is 3. The molecular formula is C10H9F3N4. The van der Waals surface area contributed by atoms with Crippen LogP contribution in [0.4, 0.5) is 18.9 Å². The number of benzene rings is 1. The van der Waals surface area contributed by atoms with Crippen LogP contribution in [-0.4, -0.2) is 20.9 Å². The summed E-state index contributed by atoms with van der Waals surface area (Å²) in [6.45, 7) is -1.18. The molecule has 0 aliphatic carbocycles. The van der Waals surface area contributed by atoms with E-state index in [1.165, 1.54) is 0 Å². The molecule has 1 heterocycles. The van der Waals surface area contributed by atoms with E-state index in [2.05, 4.69) is 10.1 Å². The molecule has 0 bridgehead atoms. The molecule has 1 aromatic carbocycles. The van der Waals surface area contributed by atoms with Gasteiger partial charge in [-0.05, 0) is 12.1 Å². The number of hydrogen-bond donors (Lipinski definition) is 1. The van der Waals surface area contributed by atoms with Crippen molar-refractivity contribution in [3.05, 3.63) is 30.6 Å². The first-order valence-electron chi connectivity index (χ1n) is 4.77. The van der Waals surface area contributed by atoms with Crippen molar-refractivity contribution >= 4 is 5.69 Å². The third kappa shape index (κ3) is 2.55. The summed E-state index contributed by atoms with van der Waals surface area (Å²) < 4.78 is 37.7. The first kappa shape index (κ1) is 11.4. The molecular weight excluding hydrogens is 233 g/mol. The van der Waals surface area contributed by atoms with Crippen LogP contribution in [0.1, 0.15) is 0 Å². The molecule has 4 nitrogen and oxygen atoms in total. The minimum absolute atomic E-state index is 0.112. The molecule has 0 fully saturated rings. The van der Waals surface area contributed by atoms with Gasteiger partial charge in [-0.2, -0.15) is 18.3 Å². The molecule has 0 amide bonds. The van der Waals surface area contributed by atoms with Crippen LogP contribution in [0.5, 0.6) is 0 Å². The molecule has 2 rings (SSSR count). The molecule has 0 saturated carbocycles. The van der Waals surface area contributed by atoms with Gasteiger partial charge in [0.25, 0.3) is 0 Å². The Morgan fingerprint density at radius 2 is 1.94 bits per heavy atom. The fraction of sp³-hybridized carbons (Fsp3) is 0.200. The van der Waals surface area contributed by atoms with Gasteiger partial charge < -0.3 is 5.73 Å². The average molecular weight is 242 g/mol. The summed E-state index contributed by atoms with van der Waals surface area (Å²) in [6, 6.07) is 6.58. The lowest BCUT2D eigenvalue weighted by Crippen LogP contribution is -2.19. The summed E-state index contributed by atoms with van der Waals surface area (Å²) in [5.41, 5.74) is 6.49. The lowest BCUT2D eigenvalue weighted by Gasteiger charge is -2.10. The van der Waals surface area contributed by atoms with Crippen molar-refractivity contribution in [2.24, 2.45) is 0 Å². The lowest BCUT2D eigenvalue weighted by atomic mass is 10.1. The number of halogens is 3. The van der Waals surface area contributed by atoms with Gasteiger partial charge in [0.05, 0.1) is 0 Å². The van der Waals surface area contributed by atoms with E-state index >= 15 is 0 Å². The number of para-hydroxylation sites is 1. The zero-order valence-electron chi connectivity index (χ0n) is 8.65. The molecule has 1 aromatic heterocycles. The van der Waals surface area contributed by atoms with E-state index in [4.69, 9.17) is 5.73 Å². The highest BCUT2D eigenvalue weighted by Gasteiger charge is 2.30. The van der Waals surface area contributed by atoms with Gasteiger partial charge in [-0.1, -0.05) is 12.1 Å². The summed E-state index contributed by atoms with van der Waals surface area (Å²) in [5.74, 6) is 0.112. The Hall–Kier alpha value is -2.05. The van der Waals surface area contributed by atoms with Crippen LogP contribution in [0, 0.1) is 0 Å². The SMILES string of the molecule is Nc1ccccc1-c1ncnn1CC(F)(F)F. The molecule has 0 aliphatic rings. The maximum Gasteiger partial charge on any atom is 0.408 e. The first-order valence-corrected chi connectivity index (χ1v) is 4.77. The quantitative estimate of drug-likeness (QED) is 0.820. The maximum absolute atomic E-state index is 12.3. The number of alkyl halides is 3. The molecule has 0 atom stereocenters. The second-order valence-corrected chi connectivity index (χ2v) is 3.44. The van der Waals surface area contributed by atoms with Crippen LogP contribution in [0.3, 0.4) is 0 Å². The fourth-order valence-electron chi connectivity index (χ4n) is 1.46. The van der Waals surface area contributed by atoms with Gasteiger partial charge in [0.2, 0.25) is 0 Å². The van der Waals surface area contributed by atoms with Crippen LogP contribution >= 0.6 is 0 Å². The monoisotopic (exact) mass is 242 g/mol. The normalized spacial score (nSPS) is 11.7. The van der Waals surface area contributed by atoms with E-state index in [0.29, 0.717) is 11.3 Å². The van der Waals surface area contributed by atoms with Gasteiger partial charge >= 0.3 is 6.18 Å². The van der Waals surface area contributed by atoms with E-state index in [1.54, 1.807) is 24.3 Å². The predicted octanol–water partition coefficient (Wildman–Crippen LogP) is 2.09. The minimum atomic E-state index is -4.34. The molecule has 7 heteroatoms. The maximum atomic E-state index is 12.3. The Bertz CT molecular complexity index is 518. The van der Waals surface area contributed by atoms with Gasteiger partial charge in [0, 0.05) is 11.3 Å². The standard InChI is InChI=1S/C10H9F3N4/c11-10(12,13)5-17-9(15-6-16-17)7-3-1-2-4-8(7)14/h1-4,6H,5,14H2. The van der Waals surface area contributed by atoms with Crippen molar-refractivity contribution in [1.82, 2.24) is 14.8 Å². The van der Waals surface area contributed by atoms with Crippen LogP contribution < -0.4 is 5.73 Å². The molecule has 17 heavy (non-hydrogen) atoms. The van der Waals surface area contributed by atoms with Crippen molar-refractivity contribution in [3.8, 4) is 11.4 Å². The van der Waals surface area contributed by atoms with Gasteiger partial charge in [-0.15, -0.1) is 0 Å². The van der Waals surface area contributed by atoms with Crippen molar-refractivity contribution in [1.29, 1.82) is 0 Å². The molecule has 2 aromatic rings. The average Bonchev–Trinajstić information content (AvgIpc) is 2.64. The van der Waals surface area contributed by atoms with Gasteiger partial charge in [0.1, 0.15) is 12.9 Å². The third-order valence-corrected chi connectivity index (χ3v) is 2.15. The largest absolute Gasteiger partial charge is 0.408 e. The topological polar surface area (TPSA) is 56.7 Å². The number of anilines is 1. The van der Waals surface area contributed by atoms with Crippen molar-refractivity contribution in [2.75, 3.05) is 5.73 Å². The summed E-state index contributed by atoms with van der Waals surface area (Å²) in [4.78, 5) is 3.80. The van der Waals surface area contributed by atoms with E-state index in [1.807, 2.05) is 0 Å². The smallest absolute Gasteiger partial charge is 0.398 e. The zero-order valence-corrected chi connectivity index (χ0v) is 8.65. The highest BCUT2D eigenvalue weighted by atomic mass is 19.4.